The van der Waals surface area contributed by atoms with Gasteiger partial charge in [0.2, 0.25) is 5.91 Å². The summed E-state index contributed by atoms with van der Waals surface area (Å²) in [5.74, 6) is 1.08. The monoisotopic (exact) mass is 301 g/mol. The predicted molar refractivity (Wildman–Crippen MR) is 78.4 cm³/mol. The van der Waals surface area contributed by atoms with Gasteiger partial charge in [0.1, 0.15) is 5.82 Å². The predicted octanol–water partition coefficient (Wildman–Crippen LogP) is 0.392. The van der Waals surface area contributed by atoms with Crippen molar-refractivity contribution in [3.8, 4) is 0 Å². The number of hydrogen-bond acceptors (Lipinski definition) is 6. The summed E-state index contributed by atoms with van der Waals surface area (Å²) in [6, 6.07) is 0. The summed E-state index contributed by atoms with van der Waals surface area (Å²) in [5.41, 5.74) is 5.62. The van der Waals surface area contributed by atoms with E-state index in [1.54, 1.807) is 7.11 Å². The van der Waals surface area contributed by atoms with Gasteiger partial charge in [-0.25, -0.2) is 0 Å². The van der Waals surface area contributed by atoms with Gasteiger partial charge in [0.25, 0.3) is 0 Å². The van der Waals surface area contributed by atoms with Crippen molar-refractivity contribution in [3.63, 3.8) is 0 Å². The fraction of sp³-hybridized carbons (Fsp3) is 0.750. The van der Waals surface area contributed by atoms with Crippen molar-refractivity contribution in [1.29, 1.82) is 0 Å². The fourth-order valence-electron chi connectivity index (χ4n) is 1.65. The Kier molecular flexibility index (Phi) is 8.24. The quantitative estimate of drug-likeness (QED) is 0.479. The Bertz CT molecular complexity index is 411. The molecule has 1 rings (SSSR count). The lowest BCUT2D eigenvalue weighted by Crippen LogP contribution is -2.27. The van der Waals surface area contributed by atoms with Crippen molar-refractivity contribution in [3.05, 3.63) is 5.82 Å². The van der Waals surface area contributed by atoms with Crippen LogP contribution in [0.1, 0.15) is 25.6 Å². The SMILES string of the molecule is CCCn1c(CN)nnc1SCC(=O)NCCCOC. The van der Waals surface area contributed by atoms with Crippen LogP contribution in [0, 0.1) is 0 Å². The fourth-order valence-corrected chi connectivity index (χ4v) is 2.46. The molecule has 0 saturated heterocycles. The number of aromatic nitrogens is 3. The molecule has 20 heavy (non-hydrogen) atoms. The molecule has 0 fully saturated rings. The number of methoxy groups -OCH3 is 1. The van der Waals surface area contributed by atoms with Gasteiger partial charge in [-0.2, -0.15) is 0 Å². The second kappa shape index (κ2) is 9.73. The molecule has 0 bridgehead atoms. The van der Waals surface area contributed by atoms with Crippen LogP contribution in [0.25, 0.3) is 0 Å². The van der Waals surface area contributed by atoms with Gasteiger partial charge in [-0.05, 0) is 12.8 Å². The van der Waals surface area contributed by atoms with Gasteiger partial charge in [0.15, 0.2) is 5.16 Å². The number of ether oxygens (including phenoxy) is 1. The Labute approximate surface area is 123 Å². The second-order valence-corrected chi connectivity index (χ2v) is 5.18. The van der Waals surface area contributed by atoms with Gasteiger partial charge in [0.05, 0.1) is 12.3 Å². The third kappa shape index (κ3) is 5.48. The summed E-state index contributed by atoms with van der Waals surface area (Å²) in [7, 11) is 1.65. The number of nitrogens with two attached hydrogens (primary N) is 1. The molecular formula is C12H23N5O2S. The second-order valence-electron chi connectivity index (χ2n) is 4.24. The third-order valence-electron chi connectivity index (χ3n) is 2.60. The van der Waals surface area contributed by atoms with Crippen molar-refractivity contribution in [2.24, 2.45) is 5.73 Å². The number of thioether (sulfide) groups is 1. The maximum absolute atomic E-state index is 11.7. The van der Waals surface area contributed by atoms with Gasteiger partial charge in [-0.1, -0.05) is 18.7 Å². The first-order valence-corrected chi connectivity index (χ1v) is 7.72. The number of carbonyl (C=O) groups excluding carboxylic acids is 1. The van der Waals surface area contributed by atoms with E-state index in [9.17, 15) is 4.79 Å². The molecule has 0 radical (unpaired) electrons. The van der Waals surface area contributed by atoms with Crippen LogP contribution in [0.5, 0.6) is 0 Å². The lowest BCUT2D eigenvalue weighted by molar-refractivity contribution is -0.118. The highest BCUT2D eigenvalue weighted by molar-refractivity contribution is 7.99. The minimum atomic E-state index is -0.00792. The topological polar surface area (TPSA) is 95.1 Å². The molecule has 8 heteroatoms. The summed E-state index contributed by atoms with van der Waals surface area (Å²) in [4.78, 5) is 11.7. The highest BCUT2D eigenvalue weighted by Crippen LogP contribution is 2.17. The molecule has 0 saturated carbocycles. The van der Waals surface area contributed by atoms with Crippen molar-refractivity contribution in [1.82, 2.24) is 20.1 Å². The smallest absolute Gasteiger partial charge is 0.230 e. The molecule has 0 aliphatic rings. The van der Waals surface area contributed by atoms with E-state index in [2.05, 4.69) is 22.4 Å². The largest absolute Gasteiger partial charge is 0.385 e. The summed E-state index contributed by atoms with van der Waals surface area (Å²) < 4.78 is 6.90. The van der Waals surface area contributed by atoms with Gasteiger partial charge in [0, 0.05) is 26.8 Å². The average molecular weight is 301 g/mol. The Morgan fingerprint density at radius 2 is 2.30 bits per heavy atom. The molecule has 1 aromatic rings. The zero-order valence-electron chi connectivity index (χ0n) is 12.1. The number of carbonyl (C=O) groups is 1. The van der Waals surface area contributed by atoms with E-state index in [4.69, 9.17) is 10.5 Å². The van der Waals surface area contributed by atoms with Gasteiger partial charge in [-0.3, -0.25) is 4.79 Å². The van der Waals surface area contributed by atoms with Crippen molar-refractivity contribution < 1.29 is 9.53 Å². The van der Waals surface area contributed by atoms with Crippen molar-refractivity contribution in [2.45, 2.75) is 38.0 Å². The molecule has 0 unspecified atom stereocenters. The number of amides is 1. The zero-order chi connectivity index (χ0) is 14.8. The van der Waals surface area contributed by atoms with E-state index in [0.717, 1.165) is 30.4 Å². The Hall–Kier alpha value is -1.12. The first kappa shape index (κ1) is 16.9. The number of nitrogens with one attached hydrogen (secondary N) is 1. The summed E-state index contributed by atoms with van der Waals surface area (Å²) in [5, 5.41) is 11.7. The first-order chi connectivity index (χ1) is 9.72. The molecule has 0 aliphatic heterocycles. The third-order valence-corrected chi connectivity index (χ3v) is 3.57. The van der Waals surface area contributed by atoms with Crippen molar-refractivity contribution in [2.75, 3.05) is 26.0 Å². The van der Waals surface area contributed by atoms with E-state index >= 15 is 0 Å². The zero-order valence-corrected chi connectivity index (χ0v) is 12.9. The van der Waals surface area contributed by atoms with Gasteiger partial charge < -0.3 is 20.4 Å². The maximum Gasteiger partial charge on any atom is 0.230 e. The highest BCUT2D eigenvalue weighted by atomic mass is 32.2. The molecule has 0 spiro atoms. The number of nitrogens with zero attached hydrogens (tertiary/aromatic N) is 3. The highest BCUT2D eigenvalue weighted by Gasteiger charge is 2.12. The minimum Gasteiger partial charge on any atom is -0.385 e. The van der Waals surface area contributed by atoms with Gasteiger partial charge in [-0.15, -0.1) is 10.2 Å². The summed E-state index contributed by atoms with van der Waals surface area (Å²) >= 11 is 1.39. The van der Waals surface area contributed by atoms with Crippen LogP contribution in [0.2, 0.25) is 0 Å². The molecule has 0 aromatic carbocycles. The lowest BCUT2D eigenvalue weighted by Gasteiger charge is -2.08. The average Bonchev–Trinajstić information content (AvgIpc) is 2.84. The molecule has 0 aliphatic carbocycles. The molecule has 1 heterocycles. The van der Waals surface area contributed by atoms with Gasteiger partial charge >= 0.3 is 0 Å². The van der Waals surface area contributed by atoms with Crippen LogP contribution in [-0.2, 0) is 22.6 Å². The van der Waals surface area contributed by atoms with Crippen LogP contribution in [0.15, 0.2) is 5.16 Å². The molecular weight excluding hydrogens is 278 g/mol. The standard InChI is InChI=1S/C12H23N5O2S/c1-3-6-17-10(8-13)15-16-12(17)20-9-11(18)14-5-4-7-19-2/h3-9,13H2,1-2H3,(H,14,18). The van der Waals surface area contributed by atoms with E-state index in [-0.39, 0.29) is 5.91 Å². The molecule has 1 aromatic heterocycles. The van der Waals surface area contributed by atoms with E-state index in [1.165, 1.54) is 11.8 Å². The van der Waals surface area contributed by atoms with Crippen LogP contribution in [0.4, 0.5) is 0 Å². The van der Waals surface area contributed by atoms with E-state index in [0.29, 0.717) is 25.4 Å². The maximum atomic E-state index is 11.7. The van der Waals surface area contributed by atoms with Crippen LogP contribution in [0.3, 0.4) is 0 Å². The molecule has 1 amide bonds. The van der Waals surface area contributed by atoms with E-state index in [1.807, 2.05) is 4.57 Å². The summed E-state index contributed by atoms with van der Waals surface area (Å²) in [6.45, 7) is 4.53. The number of rotatable bonds is 10. The normalized spacial score (nSPS) is 10.8. The van der Waals surface area contributed by atoms with Crippen LogP contribution >= 0.6 is 11.8 Å². The molecule has 0 atom stereocenters. The molecule has 114 valence electrons. The Morgan fingerprint density at radius 1 is 1.50 bits per heavy atom. The number of hydrogen-bond donors (Lipinski definition) is 2. The molecule has 3 N–H and O–H groups in total. The molecule has 7 nitrogen and oxygen atoms in total. The summed E-state index contributed by atoms with van der Waals surface area (Å²) in [6.07, 6.45) is 1.79. The lowest BCUT2D eigenvalue weighted by atomic mass is 10.4. The first-order valence-electron chi connectivity index (χ1n) is 6.73. The van der Waals surface area contributed by atoms with Crippen LogP contribution in [-0.4, -0.2) is 46.7 Å². The van der Waals surface area contributed by atoms with Crippen molar-refractivity contribution >= 4 is 17.7 Å². The Morgan fingerprint density at radius 3 is 2.95 bits per heavy atom. The minimum absolute atomic E-state index is 0.00792. The Balaban J connectivity index is 2.40. The van der Waals surface area contributed by atoms with E-state index < -0.39 is 0 Å². The van der Waals surface area contributed by atoms with Crippen LogP contribution < -0.4 is 11.1 Å².